The van der Waals surface area contributed by atoms with Crippen molar-refractivity contribution in [2.45, 2.75) is 51.6 Å². The summed E-state index contributed by atoms with van der Waals surface area (Å²) < 4.78 is 16.1. The Kier molecular flexibility index (Phi) is 5.74. The molecule has 0 fully saturated rings. The van der Waals surface area contributed by atoms with Crippen LogP contribution in [0.4, 0.5) is 0 Å². The molecule has 12 heteroatoms. The van der Waals surface area contributed by atoms with E-state index in [0.29, 0.717) is 0 Å². The molecule has 0 amide bonds. The number of hydrogen-bond acceptors (Lipinski definition) is 10. The average Bonchev–Trinajstić information content (AvgIpc) is 3.12. The molecule has 0 spiro atoms. The monoisotopic (exact) mass is 496 g/mol. The topological polar surface area (TPSA) is 190 Å². The largest absolute Gasteiger partial charge is 0.507 e. The molecule has 0 saturated carbocycles. The van der Waals surface area contributed by atoms with Crippen molar-refractivity contribution in [3.8, 4) is 5.75 Å². The molecule has 1 aromatic carbocycles. The lowest BCUT2D eigenvalue weighted by Crippen LogP contribution is -2.57. The summed E-state index contributed by atoms with van der Waals surface area (Å²) in [6.07, 6.45) is -5.28. The number of phenolic OH excluding ortho intramolecular Hbond substituents is 1. The molecule has 0 aromatic heterocycles. The number of carbonyl (C=O) groups is 3. The molecule has 0 saturated heterocycles. The number of ether oxygens (including phenoxy) is 3. The minimum Gasteiger partial charge on any atom is -0.507 e. The average molecular weight is 496 g/mol. The lowest BCUT2D eigenvalue weighted by molar-refractivity contribution is -0.230. The van der Waals surface area contributed by atoms with Crippen LogP contribution in [0.5, 0.6) is 5.75 Å². The molecule has 3 aliphatic carbocycles. The van der Waals surface area contributed by atoms with Gasteiger partial charge in [0.2, 0.25) is 5.43 Å². The van der Waals surface area contributed by atoms with Crippen molar-refractivity contribution >= 4 is 28.7 Å². The maximum Gasteiger partial charge on any atom is 0.334 e. The molecule has 0 heterocycles. The quantitative estimate of drug-likeness (QED) is 0.214. The molecule has 0 bridgehead atoms. The molecule has 1 aromatic rings. The first-order valence-corrected chi connectivity index (χ1v) is 10.7. The SMILES string of the molecule is CC(=O)O[C@@H]1c2c(c3c(=O)c4cccc(O)c4c(=O)c=3c2=[N+]=[N-])[C@@H](O)[C@@H](OC(C)=O)[C@]1(C)OC(C)=O. The summed E-state index contributed by atoms with van der Waals surface area (Å²) in [5.74, 6) is -3.19. The first-order valence-electron chi connectivity index (χ1n) is 10.7. The Balaban J connectivity index is 2.31. The number of aliphatic hydroxyl groups is 1. The molecule has 4 rings (SSSR count). The first-order chi connectivity index (χ1) is 16.8. The summed E-state index contributed by atoms with van der Waals surface area (Å²) >= 11 is 0. The molecule has 36 heavy (non-hydrogen) atoms. The van der Waals surface area contributed by atoms with Crippen molar-refractivity contribution < 1.29 is 43.6 Å². The van der Waals surface area contributed by atoms with Gasteiger partial charge in [0.05, 0.1) is 10.9 Å². The van der Waals surface area contributed by atoms with E-state index < -0.39 is 69.0 Å². The predicted octanol–water partition coefficient (Wildman–Crippen LogP) is -0.0986. The number of carbonyl (C=O) groups excluding carboxylic acids is 3. The van der Waals surface area contributed by atoms with Crippen molar-refractivity contribution in [2.75, 3.05) is 0 Å². The number of aliphatic hydroxyl groups excluding tert-OH is 1. The van der Waals surface area contributed by atoms with Crippen molar-refractivity contribution in [1.29, 1.82) is 0 Å². The fourth-order valence-corrected chi connectivity index (χ4v) is 5.04. The van der Waals surface area contributed by atoms with Crippen LogP contribution >= 0.6 is 0 Å². The lowest BCUT2D eigenvalue weighted by Gasteiger charge is -2.45. The van der Waals surface area contributed by atoms with Gasteiger partial charge in [0.1, 0.15) is 17.1 Å². The van der Waals surface area contributed by atoms with Gasteiger partial charge in [-0.05, 0) is 13.0 Å². The van der Waals surface area contributed by atoms with Gasteiger partial charge in [-0.25, -0.2) is 0 Å². The zero-order valence-electron chi connectivity index (χ0n) is 19.5. The Morgan fingerprint density at radius 1 is 0.972 bits per heavy atom. The molecule has 0 unspecified atom stereocenters. The highest BCUT2D eigenvalue weighted by molar-refractivity contribution is 5.88. The molecule has 186 valence electrons. The number of hydrogen-bond donors (Lipinski definition) is 2. The van der Waals surface area contributed by atoms with Gasteiger partial charge in [-0.1, -0.05) is 12.1 Å². The summed E-state index contributed by atoms with van der Waals surface area (Å²) in [6, 6.07) is 3.83. The molecule has 3 aliphatic rings. The van der Waals surface area contributed by atoms with Crippen LogP contribution in [0.2, 0.25) is 0 Å². The van der Waals surface area contributed by atoms with E-state index in [-0.39, 0.29) is 27.1 Å². The summed E-state index contributed by atoms with van der Waals surface area (Å²) in [6.45, 7) is 4.31. The molecule has 0 radical (unpaired) electrons. The number of nitrogens with zero attached hydrogens (tertiary/aromatic N) is 2. The van der Waals surface area contributed by atoms with Crippen LogP contribution < -0.4 is 16.2 Å². The second kappa shape index (κ2) is 8.36. The van der Waals surface area contributed by atoms with Gasteiger partial charge in [-0.2, -0.15) is 4.79 Å². The lowest BCUT2D eigenvalue weighted by atomic mass is 9.75. The second-order valence-electron chi connectivity index (χ2n) is 8.63. The minimum absolute atomic E-state index is 0.182. The number of phenols is 1. The molecule has 2 N–H and O–H groups in total. The fraction of sp³-hybridized carbons (Fsp3) is 0.333. The van der Waals surface area contributed by atoms with E-state index >= 15 is 0 Å². The Bertz CT molecular complexity index is 1710. The highest BCUT2D eigenvalue weighted by Gasteiger charge is 2.60. The van der Waals surface area contributed by atoms with Gasteiger partial charge in [-0.15, -0.1) is 0 Å². The third-order valence-corrected chi connectivity index (χ3v) is 6.24. The van der Waals surface area contributed by atoms with E-state index in [1.165, 1.54) is 25.1 Å². The summed E-state index contributed by atoms with van der Waals surface area (Å²) in [7, 11) is 0. The Morgan fingerprint density at radius 2 is 1.61 bits per heavy atom. The number of benzene rings is 1. The summed E-state index contributed by atoms with van der Waals surface area (Å²) in [4.78, 5) is 66.3. The Morgan fingerprint density at radius 3 is 2.17 bits per heavy atom. The summed E-state index contributed by atoms with van der Waals surface area (Å²) in [5, 5.41) is 19.8. The predicted molar refractivity (Wildman–Crippen MR) is 118 cm³/mol. The van der Waals surface area contributed by atoms with Gasteiger partial charge < -0.3 is 30.0 Å². The highest BCUT2D eigenvalue weighted by Crippen LogP contribution is 2.48. The van der Waals surface area contributed by atoms with E-state index in [2.05, 4.69) is 4.79 Å². The highest BCUT2D eigenvalue weighted by atomic mass is 16.6. The van der Waals surface area contributed by atoms with Gasteiger partial charge in [0.15, 0.2) is 23.2 Å². The molecule has 0 aliphatic heterocycles. The number of rotatable bonds is 3. The van der Waals surface area contributed by atoms with E-state index in [0.717, 1.165) is 20.8 Å². The van der Waals surface area contributed by atoms with E-state index in [1.54, 1.807) is 0 Å². The number of fused-ring (bicyclic) bond motifs is 3. The van der Waals surface area contributed by atoms with Crippen molar-refractivity contribution in [1.82, 2.24) is 0 Å². The summed E-state index contributed by atoms with van der Waals surface area (Å²) in [5.41, 5.74) is 5.58. The van der Waals surface area contributed by atoms with E-state index in [1.807, 2.05) is 0 Å². The van der Waals surface area contributed by atoms with E-state index in [4.69, 9.17) is 14.2 Å². The molecular formula is C24H20N2O10. The van der Waals surface area contributed by atoms with Crippen LogP contribution in [0.3, 0.4) is 0 Å². The third kappa shape index (κ3) is 3.38. The third-order valence-electron chi connectivity index (χ3n) is 6.24. The zero-order chi connectivity index (χ0) is 26.7. The van der Waals surface area contributed by atoms with Gasteiger partial charge in [0.25, 0.3) is 0 Å². The number of aromatic hydroxyl groups is 1. The van der Waals surface area contributed by atoms with E-state index in [9.17, 15) is 39.7 Å². The van der Waals surface area contributed by atoms with Crippen LogP contribution in [0.15, 0.2) is 27.8 Å². The maximum atomic E-state index is 13.6. The Hall–Kier alpha value is -4.41. The Labute approximate surface area is 201 Å². The number of esters is 3. The fourth-order valence-electron chi connectivity index (χ4n) is 5.04. The normalized spacial score (nSPS) is 23.1. The van der Waals surface area contributed by atoms with Crippen LogP contribution in [0, 0.1) is 10.4 Å². The van der Waals surface area contributed by atoms with Crippen molar-refractivity contribution in [2.24, 2.45) is 0 Å². The molecule has 12 nitrogen and oxygen atoms in total. The zero-order valence-corrected chi connectivity index (χ0v) is 19.5. The van der Waals surface area contributed by atoms with Crippen LogP contribution in [0.1, 0.15) is 51.0 Å². The van der Waals surface area contributed by atoms with Gasteiger partial charge in [-0.3, -0.25) is 24.0 Å². The first kappa shape index (κ1) is 24.7. The van der Waals surface area contributed by atoms with Crippen LogP contribution in [0.25, 0.3) is 16.3 Å². The smallest absolute Gasteiger partial charge is 0.334 e. The molecular weight excluding hydrogens is 476 g/mol. The van der Waals surface area contributed by atoms with Crippen LogP contribution in [-0.4, -0.2) is 44.6 Å². The van der Waals surface area contributed by atoms with Crippen molar-refractivity contribution in [3.05, 3.63) is 71.1 Å². The maximum absolute atomic E-state index is 13.6. The minimum atomic E-state index is -2.08. The van der Waals surface area contributed by atoms with Crippen LogP contribution in [-0.2, 0) is 28.6 Å². The van der Waals surface area contributed by atoms with Gasteiger partial charge in [0, 0.05) is 36.9 Å². The van der Waals surface area contributed by atoms with Gasteiger partial charge >= 0.3 is 23.3 Å². The van der Waals surface area contributed by atoms with Crippen molar-refractivity contribution in [3.63, 3.8) is 0 Å². The second-order valence-corrected chi connectivity index (χ2v) is 8.63. The standard InChI is InChI=1S/C24H20N2O10/c1-8(27)34-22-17-15(21(33)23(35-9(2)28)24(22,4)36-10(3)29)14-16(18(17)26-25)20(32)13-11(19(14)31)6-5-7-12(13)30/h5-7,21-23,30,33H,1-4H3/t21-,22-,23-,24-/m1/s1. The molecule has 4 atom stereocenters.